The van der Waals surface area contributed by atoms with E-state index in [4.69, 9.17) is 4.74 Å². The highest BCUT2D eigenvalue weighted by Gasteiger charge is 2.43. The number of nitrogens with zero attached hydrogens (tertiary/aromatic N) is 2. The lowest BCUT2D eigenvalue weighted by Gasteiger charge is -2.51. The van der Waals surface area contributed by atoms with Crippen LogP contribution in [0.1, 0.15) is 23.7 Å². The van der Waals surface area contributed by atoms with Crippen LogP contribution >= 0.6 is 11.8 Å². The number of piperidine rings is 3. The Morgan fingerprint density at radius 2 is 2.07 bits per heavy atom. The molecule has 3 aliphatic heterocycles. The van der Waals surface area contributed by atoms with Gasteiger partial charge in [-0.2, -0.15) is 0 Å². The lowest BCUT2D eigenvalue weighted by Crippen LogP contribution is -2.54. The first-order valence-electron chi connectivity index (χ1n) is 10.8. The molecule has 3 fully saturated rings. The van der Waals surface area contributed by atoms with Crippen molar-refractivity contribution in [2.75, 3.05) is 20.2 Å². The minimum atomic E-state index is 0.346. The summed E-state index contributed by atoms with van der Waals surface area (Å²) in [4.78, 5) is 8.66. The first-order chi connectivity index (χ1) is 14.8. The van der Waals surface area contributed by atoms with Crippen molar-refractivity contribution >= 4 is 22.7 Å². The largest absolute Gasteiger partial charge is 0.497 e. The highest BCUT2D eigenvalue weighted by molar-refractivity contribution is 7.99. The second-order valence-corrected chi connectivity index (χ2v) is 9.60. The van der Waals surface area contributed by atoms with Crippen molar-refractivity contribution in [3.8, 4) is 5.75 Å². The van der Waals surface area contributed by atoms with Crippen LogP contribution in [0, 0.1) is 11.8 Å². The van der Waals surface area contributed by atoms with E-state index in [-0.39, 0.29) is 0 Å². The van der Waals surface area contributed by atoms with E-state index in [2.05, 4.69) is 71.1 Å². The molecule has 5 atom stereocenters. The van der Waals surface area contributed by atoms with Gasteiger partial charge in [-0.25, -0.2) is 0 Å². The fraction of sp³-hybridized carbons (Fsp3) is 0.346. The predicted octanol–water partition coefficient (Wildman–Crippen LogP) is 5.97. The van der Waals surface area contributed by atoms with Crippen molar-refractivity contribution in [3.63, 3.8) is 0 Å². The molecule has 154 valence electrons. The average molecular weight is 417 g/mol. The number of benzene rings is 2. The minimum Gasteiger partial charge on any atom is -0.497 e. The van der Waals surface area contributed by atoms with Crippen molar-refractivity contribution in [2.24, 2.45) is 11.8 Å². The van der Waals surface area contributed by atoms with Gasteiger partial charge in [0.2, 0.25) is 0 Å². The SMILES string of the molecule is C=C[C@H]1CN2CC[C@H]1C[C@@H]2[C@H](Sc1ccccc1)c1ccnc2ccc(OC)cc12. The topological polar surface area (TPSA) is 25.4 Å². The zero-order valence-electron chi connectivity index (χ0n) is 17.4. The van der Waals surface area contributed by atoms with Crippen molar-refractivity contribution in [3.05, 3.63) is 79.0 Å². The molecule has 2 bridgehead atoms. The molecular formula is C26H28N2OS. The third-order valence-corrected chi connectivity index (χ3v) is 8.16. The van der Waals surface area contributed by atoms with Gasteiger partial charge in [-0.15, -0.1) is 18.3 Å². The molecule has 6 rings (SSSR count). The summed E-state index contributed by atoms with van der Waals surface area (Å²) in [6.45, 7) is 6.43. The molecule has 4 heterocycles. The summed E-state index contributed by atoms with van der Waals surface area (Å²) in [7, 11) is 1.73. The predicted molar refractivity (Wildman–Crippen MR) is 125 cm³/mol. The maximum atomic E-state index is 5.54. The lowest BCUT2D eigenvalue weighted by atomic mass is 9.74. The van der Waals surface area contributed by atoms with Crippen LogP contribution < -0.4 is 4.74 Å². The fourth-order valence-electron chi connectivity index (χ4n) is 5.21. The van der Waals surface area contributed by atoms with E-state index in [9.17, 15) is 0 Å². The van der Waals surface area contributed by atoms with E-state index in [0.717, 1.165) is 23.7 Å². The molecule has 1 unspecified atom stereocenters. The minimum absolute atomic E-state index is 0.346. The summed E-state index contributed by atoms with van der Waals surface area (Å²) in [6, 6.07) is 19.8. The standard InChI is InChI=1S/C26H28N2OS/c1-3-18-17-28-14-12-19(18)15-25(28)26(30-21-7-5-4-6-8-21)22-11-13-27-24-10-9-20(29-2)16-23(22)24/h3-11,13,16,18-19,25-26H,1,12,14-15,17H2,2H3/t18-,19-,25+,26+/m0/s1. The van der Waals surface area contributed by atoms with Crippen LogP contribution in [0.5, 0.6) is 5.75 Å². The van der Waals surface area contributed by atoms with Gasteiger partial charge in [0.25, 0.3) is 0 Å². The second-order valence-electron chi connectivity index (χ2n) is 8.38. The highest BCUT2D eigenvalue weighted by Crippen LogP contribution is 2.49. The Labute approximate surface area is 183 Å². The number of aromatic nitrogens is 1. The smallest absolute Gasteiger partial charge is 0.119 e. The zero-order chi connectivity index (χ0) is 20.5. The molecule has 0 spiro atoms. The molecule has 30 heavy (non-hydrogen) atoms. The van der Waals surface area contributed by atoms with E-state index < -0.39 is 0 Å². The number of methoxy groups -OCH3 is 1. The zero-order valence-corrected chi connectivity index (χ0v) is 18.2. The van der Waals surface area contributed by atoms with Gasteiger partial charge in [-0.1, -0.05) is 24.3 Å². The number of fused-ring (bicyclic) bond motifs is 4. The molecule has 0 saturated carbocycles. The van der Waals surface area contributed by atoms with E-state index in [1.165, 1.54) is 35.2 Å². The van der Waals surface area contributed by atoms with Crippen molar-refractivity contribution in [1.29, 1.82) is 0 Å². The van der Waals surface area contributed by atoms with Crippen LogP contribution in [0.3, 0.4) is 0 Å². The average Bonchev–Trinajstić information content (AvgIpc) is 2.82. The van der Waals surface area contributed by atoms with Crippen LogP contribution in [0.15, 0.2) is 78.3 Å². The fourth-order valence-corrected chi connectivity index (χ4v) is 6.59. The lowest BCUT2D eigenvalue weighted by molar-refractivity contribution is 0.0183. The van der Waals surface area contributed by atoms with Crippen LogP contribution in [0.2, 0.25) is 0 Å². The Kier molecular flexibility index (Phi) is 5.53. The van der Waals surface area contributed by atoms with E-state index in [0.29, 0.717) is 17.2 Å². The molecule has 1 aromatic heterocycles. The maximum Gasteiger partial charge on any atom is 0.119 e. The molecule has 0 radical (unpaired) electrons. The van der Waals surface area contributed by atoms with Gasteiger partial charge in [0.1, 0.15) is 5.75 Å². The van der Waals surface area contributed by atoms with Gasteiger partial charge >= 0.3 is 0 Å². The third-order valence-electron chi connectivity index (χ3n) is 6.80. The molecule has 2 aromatic carbocycles. The van der Waals surface area contributed by atoms with Crippen LogP contribution in [-0.4, -0.2) is 36.1 Å². The molecule has 3 nitrogen and oxygen atoms in total. The summed E-state index contributed by atoms with van der Waals surface area (Å²) in [5.74, 6) is 2.27. The Bertz CT molecular complexity index is 1040. The van der Waals surface area contributed by atoms with E-state index >= 15 is 0 Å². The Morgan fingerprint density at radius 1 is 1.20 bits per heavy atom. The molecule has 0 aliphatic carbocycles. The molecule has 0 amide bonds. The van der Waals surface area contributed by atoms with Crippen LogP contribution in [0.4, 0.5) is 0 Å². The number of hydrogen-bond acceptors (Lipinski definition) is 4. The summed E-state index contributed by atoms with van der Waals surface area (Å²) >= 11 is 1.99. The van der Waals surface area contributed by atoms with Gasteiger partial charge < -0.3 is 4.74 Å². The van der Waals surface area contributed by atoms with Gasteiger partial charge in [0, 0.05) is 29.1 Å². The number of thioether (sulfide) groups is 1. The molecule has 0 N–H and O–H groups in total. The van der Waals surface area contributed by atoms with Crippen molar-refractivity contribution < 1.29 is 4.74 Å². The normalized spacial score (nSPS) is 26.4. The van der Waals surface area contributed by atoms with Crippen LogP contribution in [-0.2, 0) is 0 Å². The summed E-state index contributed by atoms with van der Waals surface area (Å²) in [5, 5.41) is 1.55. The van der Waals surface area contributed by atoms with Crippen molar-refractivity contribution in [2.45, 2.75) is 29.0 Å². The van der Waals surface area contributed by atoms with Gasteiger partial charge in [-0.05, 0) is 73.2 Å². The number of pyridine rings is 1. The van der Waals surface area contributed by atoms with E-state index in [1.807, 2.05) is 24.0 Å². The molecule has 3 aromatic rings. The quantitative estimate of drug-likeness (QED) is 0.365. The highest BCUT2D eigenvalue weighted by atomic mass is 32.2. The van der Waals surface area contributed by atoms with Gasteiger partial charge in [0.15, 0.2) is 0 Å². The number of hydrogen-bond donors (Lipinski definition) is 0. The Hall–Kier alpha value is -2.30. The number of ether oxygens (including phenoxy) is 1. The second kappa shape index (κ2) is 8.44. The first-order valence-corrected chi connectivity index (χ1v) is 11.7. The third kappa shape index (κ3) is 3.63. The van der Waals surface area contributed by atoms with Crippen molar-refractivity contribution in [1.82, 2.24) is 9.88 Å². The van der Waals surface area contributed by atoms with Gasteiger partial charge in [-0.3, -0.25) is 9.88 Å². The summed E-state index contributed by atoms with van der Waals surface area (Å²) in [5.41, 5.74) is 2.40. The summed E-state index contributed by atoms with van der Waals surface area (Å²) < 4.78 is 5.54. The van der Waals surface area contributed by atoms with Crippen LogP contribution in [0.25, 0.3) is 10.9 Å². The first kappa shape index (κ1) is 19.7. The molecular weight excluding hydrogens is 388 g/mol. The molecule has 3 aliphatic rings. The Morgan fingerprint density at radius 3 is 2.80 bits per heavy atom. The monoisotopic (exact) mass is 416 g/mol. The summed E-state index contributed by atoms with van der Waals surface area (Å²) in [6.07, 6.45) is 6.67. The Balaban J connectivity index is 1.59. The van der Waals surface area contributed by atoms with E-state index in [1.54, 1.807) is 7.11 Å². The maximum absolute atomic E-state index is 5.54. The molecule has 4 heteroatoms. The molecule has 3 saturated heterocycles. The number of rotatable bonds is 6. The van der Waals surface area contributed by atoms with Gasteiger partial charge in [0.05, 0.1) is 17.9 Å².